The van der Waals surface area contributed by atoms with Crippen LogP contribution in [0.1, 0.15) is 24.5 Å². The molecule has 1 aromatic carbocycles. The highest BCUT2D eigenvalue weighted by Crippen LogP contribution is 2.43. The first-order valence-corrected chi connectivity index (χ1v) is 7.45. The van der Waals surface area contributed by atoms with E-state index in [2.05, 4.69) is 47.9 Å². The second kappa shape index (κ2) is 4.30. The van der Waals surface area contributed by atoms with Crippen LogP contribution in [-0.2, 0) is 13.1 Å². The van der Waals surface area contributed by atoms with E-state index in [0.29, 0.717) is 5.25 Å². The van der Waals surface area contributed by atoms with E-state index in [0.717, 1.165) is 19.6 Å². The van der Waals surface area contributed by atoms with E-state index in [-0.39, 0.29) is 5.54 Å². The Morgan fingerprint density at radius 1 is 1.35 bits per heavy atom. The maximum absolute atomic E-state index is 6.12. The lowest BCUT2D eigenvalue weighted by Crippen LogP contribution is -2.55. The molecular formula is C14H20N2S. The van der Waals surface area contributed by atoms with Gasteiger partial charge in [0.2, 0.25) is 0 Å². The predicted molar refractivity (Wildman–Crippen MR) is 74.0 cm³/mol. The standard InChI is InChI=1S/C14H20N2S/c1-11-14(10-15,6-7-17-11)16-8-12-4-2-3-5-13(12)9-16/h2-5,11H,6-10,15H2,1H3. The van der Waals surface area contributed by atoms with Crippen LogP contribution < -0.4 is 5.73 Å². The van der Waals surface area contributed by atoms with E-state index in [1.807, 2.05) is 0 Å². The second-order valence-electron chi connectivity index (χ2n) is 5.20. The first kappa shape index (κ1) is 11.6. The Morgan fingerprint density at radius 2 is 2.00 bits per heavy atom. The van der Waals surface area contributed by atoms with Crippen molar-refractivity contribution in [3.63, 3.8) is 0 Å². The first-order chi connectivity index (χ1) is 8.26. The van der Waals surface area contributed by atoms with Gasteiger partial charge in [0, 0.05) is 30.4 Å². The molecule has 1 aromatic rings. The summed E-state index contributed by atoms with van der Waals surface area (Å²) in [6, 6.07) is 8.80. The lowest BCUT2D eigenvalue weighted by molar-refractivity contribution is 0.0949. The van der Waals surface area contributed by atoms with Crippen LogP contribution in [0, 0.1) is 0 Å². The highest BCUT2D eigenvalue weighted by Gasteiger charge is 2.46. The zero-order chi connectivity index (χ0) is 11.9. The Balaban J connectivity index is 1.88. The van der Waals surface area contributed by atoms with Gasteiger partial charge in [-0.05, 0) is 23.3 Å². The van der Waals surface area contributed by atoms with Gasteiger partial charge in [-0.1, -0.05) is 31.2 Å². The van der Waals surface area contributed by atoms with Gasteiger partial charge in [0.1, 0.15) is 0 Å². The summed E-state index contributed by atoms with van der Waals surface area (Å²) in [5.74, 6) is 1.26. The highest BCUT2D eigenvalue weighted by molar-refractivity contribution is 8.00. The van der Waals surface area contributed by atoms with E-state index < -0.39 is 0 Å². The topological polar surface area (TPSA) is 29.3 Å². The SMILES string of the molecule is CC1SCCC1(CN)N1Cc2ccccc2C1. The van der Waals surface area contributed by atoms with Crippen LogP contribution >= 0.6 is 11.8 Å². The van der Waals surface area contributed by atoms with Crippen LogP contribution in [0.15, 0.2) is 24.3 Å². The molecule has 0 amide bonds. The predicted octanol–water partition coefficient (Wildman–Crippen LogP) is 2.23. The molecule has 2 heterocycles. The second-order valence-corrected chi connectivity index (χ2v) is 6.64. The zero-order valence-electron chi connectivity index (χ0n) is 10.4. The fourth-order valence-electron chi connectivity index (χ4n) is 3.23. The lowest BCUT2D eigenvalue weighted by Gasteiger charge is -2.40. The normalized spacial score (nSPS) is 32.9. The number of hydrogen-bond acceptors (Lipinski definition) is 3. The summed E-state index contributed by atoms with van der Waals surface area (Å²) in [4.78, 5) is 2.61. The molecule has 0 aliphatic carbocycles. The molecule has 17 heavy (non-hydrogen) atoms. The van der Waals surface area contributed by atoms with Crippen LogP contribution in [0.5, 0.6) is 0 Å². The maximum Gasteiger partial charge on any atom is 0.0462 e. The molecule has 2 N–H and O–H groups in total. The summed E-state index contributed by atoms with van der Waals surface area (Å²) >= 11 is 2.07. The van der Waals surface area contributed by atoms with Gasteiger partial charge in [0.25, 0.3) is 0 Å². The number of rotatable bonds is 2. The van der Waals surface area contributed by atoms with Gasteiger partial charge in [-0.2, -0.15) is 11.8 Å². The summed E-state index contributed by atoms with van der Waals surface area (Å²) in [6.07, 6.45) is 1.24. The number of benzene rings is 1. The van der Waals surface area contributed by atoms with Crippen LogP contribution in [0.25, 0.3) is 0 Å². The number of nitrogens with zero attached hydrogens (tertiary/aromatic N) is 1. The van der Waals surface area contributed by atoms with Crippen molar-refractivity contribution in [2.45, 2.75) is 37.2 Å². The van der Waals surface area contributed by atoms with E-state index in [1.54, 1.807) is 0 Å². The van der Waals surface area contributed by atoms with Gasteiger partial charge >= 0.3 is 0 Å². The molecule has 2 nitrogen and oxygen atoms in total. The van der Waals surface area contributed by atoms with Gasteiger partial charge in [-0.15, -0.1) is 0 Å². The van der Waals surface area contributed by atoms with Crippen molar-refractivity contribution < 1.29 is 0 Å². The Hall–Kier alpha value is -0.510. The molecular weight excluding hydrogens is 228 g/mol. The van der Waals surface area contributed by atoms with Crippen LogP contribution in [0.2, 0.25) is 0 Å². The molecule has 1 fully saturated rings. The average Bonchev–Trinajstić information content (AvgIpc) is 2.92. The molecule has 92 valence electrons. The number of nitrogens with two attached hydrogens (primary N) is 1. The lowest BCUT2D eigenvalue weighted by atomic mass is 9.91. The molecule has 0 radical (unpaired) electrons. The van der Waals surface area contributed by atoms with Crippen molar-refractivity contribution >= 4 is 11.8 Å². The number of hydrogen-bond donors (Lipinski definition) is 1. The molecule has 0 saturated carbocycles. The first-order valence-electron chi connectivity index (χ1n) is 6.40. The van der Waals surface area contributed by atoms with E-state index in [9.17, 15) is 0 Å². The minimum atomic E-state index is 0.226. The third-order valence-electron chi connectivity index (χ3n) is 4.48. The highest BCUT2D eigenvalue weighted by atomic mass is 32.2. The molecule has 0 bridgehead atoms. The number of fused-ring (bicyclic) bond motifs is 1. The van der Waals surface area contributed by atoms with Gasteiger partial charge in [-0.3, -0.25) is 4.90 Å². The monoisotopic (exact) mass is 248 g/mol. The van der Waals surface area contributed by atoms with Gasteiger partial charge < -0.3 is 5.73 Å². The Labute approximate surface area is 108 Å². The molecule has 2 aliphatic heterocycles. The summed E-state index contributed by atoms with van der Waals surface area (Å²) in [7, 11) is 0. The van der Waals surface area contributed by atoms with Crippen molar-refractivity contribution in [2.24, 2.45) is 5.73 Å². The van der Waals surface area contributed by atoms with E-state index in [4.69, 9.17) is 5.73 Å². The van der Waals surface area contributed by atoms with Crippen LogP contribution in [-0.4, -0.2) is 28.0 Å². The average molecular weight is 248 g/mol. The molecule has 2 unspecified atom stereocenters. The molecule has 0 aromatic heterocycles. The zero-order valence-corrected chi connectivity index (χ0v) is 11.2. The van der Waals surface area contributed by atoms with E-state index in [1.165, 1.54) is 23.3 Å². The third-order valence-corrected chi connectivity index (χ3v) is 5.86. The Morgan fingerprint density at radius 3 is 2.47 bits per heavy atom. The molecule has 2 aliphatic rings. The van der Waals surface area contributed by atoms with Gasteiger partial charge in [-0.25, -0.2) is 0 Å². The van der Waals surface area contributed by atoms with Crippen molar-refractivity contribution in [1.29, 1.82) is 0 Å². The summed E-state index contributed by atoms with van der Waals surface area (Å²) < 4.78 is 0. The van der Waals surface area contributed by atoms with Gasteiger partial charge in [0.05, 0.1) is 0 Å². The largest absolute Gasteiger partial charge is 0.329 e. The minimum Gasteiger partial charge on any atom is -0.329 e. The molecule has 1 saturated heterocycles. The third kappa shape index (κ3) is 1.72. The Kier molecular flexibility index (Phi) is 2.93. The summed E-state index contributed by atoms with van der Waals surface area (Å²) in [6.45, 7) is 5.29. The van der Waals surface area contributed by atoms with Crippen molar-refractivity contribution in [3.8, 4) is 0 Å². The summed E-state index contributed by atoms with van der Waals surface area (Å²) in [5, 5.41) is 0.654. The minimum absolute atomic E-state index is 0.226. The van der Waals surface area contributed by atoms with Crippen molar-refractivity contribution in [1.82, 2.24) is 4.90 Å². The summed E-state index contributed by atoms with van der Waals surface area (Å²) in [5.41, 5.74) is 9.33. The van der Waals surface area contributed by atoms with Crippen molar-refractivity contribution in [3.05, 3.63) is 35.4 Å². The van der Waals surface area contributed by atoms with E-state index >= 15 is 0 Å². The maximum atomic E-state index is 6.12. The van der Waals surface area contributed by atoms with Crippen molar-refractivity contribution in [2.75, 3.05) is 12.3 Å². The molecule has 3 heteroatoms. The Bertz CT molecular complexity index is 395. The fraction of sp³-hybridized carbons (Fsp3) is 0.571. The fourth-order valence-corrected chi connectivity index (χ4v) is 4.73. The molecule has 3 rings (SSSR count). The number of thioether (sulfide) groups is 1. The molecule has 2 atom stereocenters. The quantitative estimate of drug-likeness (QED) is 0.870. The van der Waals surface area contributed by atoms with Crippen LogP contribution in [0.3, 0.4) is 0 Å². The van der Waals surface area contributed by atoms with Gasteiger partial charge in [0.15, 0.2) is 0 Å². The smallest absolute Gasteiger partial charge is 0.0462 e. The van der Waals surface area contributed by atoms with Crippen LogP contribution in [0.4, 0.5) is 0 Å². The molecule has 0 spiro atoms.